The molecule has 2 aromatic rings. The summed E-state index contributed by atoms with van der Waals surface area (Å²) in [6, 6.07) is 21.2. The maximum atomic E-state index is 11.7. The third kappa shape index (κ3) is 3.80. The van der Waals surface area contributed by atoms with Crippen LogP contribution in [0.4, 0.5) is 0 Å². The van der Waals surface area contributed by atoms with E-state index >= 15 is 0 Å². The molecule has 172 valence electrons. The van der Waals surface area contributed by atoms with Crippen LogP contribution in [0.3, 0.4) is 0 Å². The Hall–Kier alpha value is -1.76. The van der Waals surface area contributed by atoms with Crippen molar-refractivity contribution in [2.45, 2.75) is 76.6 Å². The molecular weight excluding hydrogens is 416 g/mol. The Morgan fingerprint density at radius 1 is 0.938 bits per heavy atom. The van der Waals surface area contributed by atoms with Gasteiger partial charge in [0, 0.05) is 0 Å². The van der Waals surface area contributed by atoms with E-state index in [0.717, 1.165) is 5.57 Å². The summed E-state index contributed by atoms with van der Waals surface area (Å²) in [5.74, 6) is -0.695. The quantitative estimate of drug-likeness (QED) is 0.528. The minimum absolute atomic E-state index is 0.121. The first kappa shape index (κ1) is 23.4. The second kappa shape index (κ2) is 8.23. The van der Waals surface area contributed by atoms with E-state index in [4.69, 9.17) is 13.9 Å². The van der Waals surface area contributed by atoms with Gasteiger partial charge in [-0.25, -0.2) is 0 Å². The van der Waals surface area contributed by atoms with Crippen molar-refractivity contribution in [1.29, 1.82) is 0 Å². The Morgan fingerprint density at radius 3 is 1.94 bits per heavy atom. The molecule has 2 aliphatic rings. The van der Waals surface area contributed by atoms with Gasteiger partial charge in [0.2, 0.25) is 0 Å². The fourth-order valence-corrected chi connectivity index (χ4v) is 9.88. The molecule has 1 N–H and O–H groups in total. The fourth-order valence-electron chi connectivity index (χ4n) is 5.36. The van der Waals surface area contributed by atoms with Gasteiger partial charge in [-0.1, -0.05) is 88.4 Å². The van der Waals surface area contributed by atoms with Crippen molar-refractivity contribution in [3.8, 4) is 0 Å². The number of fused-ring (bicyclic) bond motifs is 1. The Bertz CT molecular complexity index is 925. The number of hydrogen-bond donors (Lipinski definition) is 1. The second-order valence-corrected chi connectivity index (χ2v) is 14.7. The number of rotatable bonds is 6. The molecule has 0 radical (unpaired) electrons. The predicted octanol–water partition coefficient (Wildman–Crippen LogP) is 4.16. The summed E-state index contributed by atoms with van der Waals surface area (Å²) >= 11 is 0. The summed E-state index contributed by atoms with van der Waals surface area (Å²) in [5.41, 5.74) is -0.234. The number of hydrogen-bond acceptors (Lipinski definition) is 4. The van der Waals surface area contributed by atoms with Crippen molar-refractivity contribution < 1.29 is 19.0 Å². The lowest BCUT2D eigenvalue weighted by atomic mass is 9.90. The Balaban J connectivity index is 1.75. The molecule has 1 fully saturated rings. The molecule has 1 aliphatic heterocycles. The van der Waals surface area contributed by atoms with Crippen molar-refractivity contribution in [1.82, 2.24) is 0 Å². The third-order valence-electron chi connectivity index (χ3n) is 6.92. The van der Waals surface area contributed by atoms with E-state index in [-0.39, 0.29) is 11.1 Å². The van der Waals surface area contributed by atoms with Crippen molar-refractivity contribution in [3.63, 3.8) is 0 Å². The Morgan fingerprint density at radius 2 is 1.47 bits per heavy atom. The van der Waals surface area contributed by atoms with E-state index < -0.39 is 25.8 Å². The van der Waals surface area contributed by atoms with Crippen LogP contribution < -0.4 is 10.4 Å². The molecule has 4 nitrogen and oxygen atoms in total. The molecule has 32 heavy (non-hydrogen) atoms. The van der Waals surface area contributed by atoms with Gasteiger partial charge in [-0.05, 0) is 47.3 Å². The van der Waals surface area contributed by atoms with Crippen molar-refractivity contribution in [2.24, 2.45) is 0 Å². The lowest BCUT2D eigenvalue weighted by molar-refractivity contribution is -0.167. The lowest BCUT2D eigenvalue weighted by Gasteiger charge is -2.44. The summed E-state index contributed by atoms with van der Waals surface area (Å²) < 4.78 is 19.2. The predicted molar refractivity (Wildman–Crippen MR) is 131 cm³/mol. The fraction of sp³-hybridized carbons (Fsp3) is 0.481. The first-order valence-corrected chi connectivity index (χ1v) is 13.5. The van der Waals surface area contributed by atoms with E-state index in [1.54, 1.807) is 0 Å². The summed E-state index contributed by atoms with van der Waals surface area (Å²) in [6.45, 7) is 12.9. The summed E-state index contributed by atoms with van der Waals surface area (Å²) in [6.07, 6.45) is 1.91. The Labute approximate surface area is 193 Å². The van der Waals surface area contributed by atoms with Crippen molar-refractivity contribution in [3.05, 3.63) is 72.3 Å². The van der Waals surface area contributed by atoms with Gasteiger partial charge in [-0.2, -0.15) is 0 Å². The average Bonchev–Trinajstić information content (AvgIpc) is 3.19. The molecule has 1 aliphatic carbocycles. The van der Waals surface area contributed by atoms with Crippen LogP contribution in [-0.2, 0) is 13.9 Å². The molecule has 3 atom stereocenters. The van der Waals surface area contributed by atoms with Gasteiger partial charge < -0.3 is 19.0 Å². The first-order valence-electron chi connectivity index (χ1n) is 11.6. The van der Waals surface area contributed by atoms with Crippen molar-refractivity contribution in [2.75, 3.05) is 6.61 Å². The van der Waals surface area contributed by atoms with E-state index in [0.29, 0.717) is 13.0 Å². The van der Waals surface area contributed by atoms with Gasteiger partial charge >= 0.3 is 0 Å². The van der Waals surface area contributed by atoms with Gasteiger partial charge in [0.05, 0.1) is 6.61 Å². The number of benzene rings is 2. The van der Waals surface area contributed by atoms with Crippen LogP contribution in [0.1, 0.15) is 48.0 Å². The smallest absolute Gasteiger partial charge is 0.261 e. The molecular formula is C27H36O4Si. The highest BCUT2D eigenvalue weighted by Crippen LogP contribution is 2.46. The maximum absolute atomic E-state index is 11.7. The zero-order chi connectivity index (χ0) is 23.2. The molecule has 0 spiro atoms. The largest absolute Gasteiger partial charge is 0.403 e. The molecule has 0 bridgehead atoms. The molecule has 1 saturated heterocycles. The van der Waals surface area contributed by atoms with Gasteiger partial charge in [-0.15, -0.1) is 0 Å². The van der Waals surface area contributed by atoms with Crippen LogP contribution in [0.5, 0.6) is 0 Å². The molecule has 0 saturated carbocycles. The van der Waals surface area contributed by atoms with E-state index in [1.807, 2.05) is 39.0 Å². The van der Waals surface area contributed by atoms with E-state index in [2.05, 4.69) is 69.3 Å². The van der Waals surface area contributed by atoms with Crippen LogP contribution in [0.2, 0.25) is 5.04 Å². The minimum atomic E-state index is -2.69. The highest BCUT2D eigenvalue weighted by Gasteiger charge is 2.57. The lowest BCUT2D eigenvalue weighted by Crippen LogP contribution is -2.67. The molecule has 4 rings (SSSR count). The second-order valence-electron chi connectivity index (χ2n) is 10.4. The molecule has 0 unspecified atom stereocenters. The number of aliphatic hydroxyl groups is 1. The van der Waals surface area contributed by atoms with Crippen LogP contribution >= 0.6 is 0 Å². The van der Waals surface area contributed by atoms with Gasteiger partial charge in [0.1, 0.15) is 17.8 Å². The molecule has 5 heteroatoms. The minimum Gasteiger partial charge on any atom is -0.403 e. The van der Waals surface area contributed by atoms with Crippen molar-refractivity contribution >= 4 is 18.7 Å². The maximum Gasteiger partial charge on any atom is 0.261 e. The van der Waals surface area contributed by atoms with Gasteiger partial charge in [0.15, 0.2) is 5.79 Å². The van der Waals surface area contributed by atoms with E-state index in [9.17, 15) is 5.11 Å². The summed E-state index contributed by atoms with van der Waals surface area (Å²) in [7, 11) is -2.69. The average molecular weight is 453 g/mol. The van der Waals surface area contributed by atoms with Crippen LogP contribution in [0.15, 0.2) is 72.3 Å². The van der Waals surface area contributed by atoms with Crippen LogP contribution in [0, 0.1) is 0 Å². The zero-order valence-corrected chi connectivity index (χ0v) is 21.1. The highest BCUT2D eigenvalue weighted by atomic mass is 28.4. The third-order valence-corrected chi connectivity index (χ3v) is 11.9. The molecule has 1 heterocycles. The normalized spacial score (nSPS) is 27.3. The summed E-state index contributed by atoms with van der Waals surface area (Å²) in [4.78, 5) is 0. The highest BCUT2D eigenvalue weighted by molar-refractivity contribution is 6.99. The van der Waals surface area contributed by atoms with Crippen LogP contribution in [-0.4, -0.2) is 43.6 Å². The van der Waals surface area contributed by atoms with Gasteiger partial charge in [0.25, 0.3) is 8.32 Å². The SMILES string of the molecule is CC[C@@]1(O)C(CO[Si](c2ccccc2)(c2ccccc2)C(C)(C)C)=C[C@@H]2OC(C)(C)O[C@@H]21. The van der Waals surface area contributed by atoms with Gasteiger partial charge in [-0.3, -0.25) is 0 Å². The van der Waals surface area contributed by atoms with Crippen LogP contribution in [0.25, 0.3) is 0 Å². The van der Waals surface area contributed by atoms with E-state index in [1.165, 1.54) is 10.4 Å². The monoisotopic (exact) mass is 452 g/mol. The summed E-state index contributed by atoms with van der Waals surface area (Å²) in [5, 5.41) is 14.0. The Kier molecular flexibility index (Phi) is 6.01. The molecule has 2 aromatic carbocycles. The molecule has 0 amide bonds. The molecule has 0 aromatic heterocycles. The topological polar surface area (TPSA) is 47.9 Å². The standard InChI is InChI=1S/C27H36O4Si/c1-7-27(28)20(18-23-24(27)31-26(5,6)30-23)19-29-32(25(2,3)4,21-14-10-8-11-15-21)22-16-12-9-13-17-22/h8-18,23-24,28H,7,19H2,1-6H3/t23-,24-,27+/m0/s1. The first-order chi connectivity index (χ1) is 15.0. The number of ether oxygens (including phenoxy) is 2. The zero-order valence-electron chi connectivity index (χ0n) is 20.1.